The topological polar surface area (TPSA) is 98.7 Å². The van der Waals surface area contributed by atoms with Gasteiger partial charge in [-0.1, -0.05) is 0 Å². The number of rotatable bonds is 3. The molecule has 0 aliphatic carbocycles. The van der Waals surface area contributed by atoms with Crippen molar-refractivity contribution in [2.45, 2.75) is 37.8 Å². The highest BCUT2D eigenvalue weighted by atomic mass is 16.4. The molecule has 19 heavy (non-hydrogen) atoms. The van der Waals surface area contributed by atoms with E-state index >= 15 is 0 Å². The fourth-order valence-electron chi connectivity index (χ4n) is 2.78. The van der Waals surface area contributed by atoms with Crippen molar-refractivity contribution in [3.8, 4) is 0 Å². The monoisotopic (exact) mass is 269 g/mol. The van der Waals surface area contributed by atoms with E-state index < -0.39 is 12.0 Å². The zero-order chi connectivity index (χ0) is 13.8. The van der Waals surface area contributed by atoms with Crippen LogP contribution in [0.4, 0.5) is 0 Å². The van der Waals surface area contributed by atoms with E-state index in [1.807, 2.05) is 4.90 Å². The van der Waals surface area contributed by atoms with Crippen LogP contribution in [0.1, 0.15) is 25.7 Å². The van der Waals surface area contributed by atoms with E-state index in [2.05, 4.69) is 10.6 Å². The third kappa shape index (κ3) is 3.44. The number of carboxylic acid groups (broad SMARTS) is 1. The summed E-state index contributed by atoms with van der Waals surface area (Å²) in [6.45, 7) is 1.76. The molecule has 2 aliphatic rings. The zero-order valence-corrected chi connectivity index (χ0v) is 10.7. The molecule has 0 radical (unpaired) electrons. The normalized spacial score (nSPS) is 29.3. The van der Waals surface area contributed by atoms with Crippen molar-refractivity contribution >= 4 is 17.8 Å². The number of piperazine rings is 1. The number of nitrogens with one attached hydrogen (secondary N) is 2. The van der Waals surface area contributed by atoms with Gasteiger partial charge in [-0.15, -0.1) is 0 Å². The molecule has 0 saturated carbocycles. The third-order valence-electron chi connectivity index (χ3n) is 3.67. The van der Waals surface area contributed by atoms with Crippen LogP contribution in [-0.2, 0) is 14.4 Å². The van der Waals surface area contributed by atoms with Crippen molar-refractivity contribution in [3.63, 3.8) is 0 Å². The van der Waals surface area contributed by atoms with Gasteiger partial charge in [0, 0.05) is 32.1 Å². The molecule has 2 amide bonds. The van der Waals surface area contributed by atoms with E-state index in [1.165, 1.54) is 0 Å². The van der Waals surface area contributed by atoms with E-state index in [4.69, 9.17) is 5.11 Å². The summed E-state index contributed by atoms with van der Waals surface area (Å²) in [5, 5.41) is 14.4. The Hall–Kier alpha value is -1.63. The molecule has 7 heteroatoms. The van der Waals surface area contributed by atoms with Gasteiger partial charge < -0.3 is 15.7 Å². The largest absolute Gasteiger partial charge is 0.481 e. The van der Waals surface area contributed by atoms with Gasteiger partial charge in [-0.2, -0.15) is 0 Å². The van der Waals surface area contributed by atoms with E-state index in [-0.39, 0.29) is 24.3 Å². The Morgan fingerprint density at radius 3 is 2.84 bits per heavy atom. The number of carbonyl (C=O) groups is 3. The first-order chi connectivity index (χ1) is 9.08. The molecule has 7 nitrogen and oxygen atoms in total. The Kier molecular flexibility index (Phi) is 4.36. The maximum absolute atomic E-state index is 11.8. The lowest BCUT2D eigenvalue weighted by molar-refractivity contribution is -0.144. The number of carbonyl (C=O) groups excluding carboxylic acids is 2. The van der Waals surface area contributed by atoms with Crippen LogP contribution in [-0.4, -0.2) is 59.5 Å². The number of hydrogen-bond acceptors (Lipinski definition) is 4. The fraction of sp³-hybridized carbons (Fsp3) is 0.750. The highest BCUT2D eigenvalue weighted by molar-refractivity contribution is 5.87. The van der Waals surface area contributed by atoms with Crippen molar-refractivity contribution < 1.29 is 19.5 Å². The van der Waals surface area contributed by atoms with Gasteiger partial charge in [0.2, 0.25) is 11.8 Å². The second-order valence-electron chi connectivity index (χ2n) is 4.99. The van der Waals surface area contributed by atoms with Crippen LogP contribution in [0.3, 0.4) is 0 Å². The van der Waals surface area contributed by atoms with Gasteiger partial charge in [-0.3, -0.25) is 19.3 Å². The van der Waals surface area contributed by atoms with Crippen molar-refractivity contribution in [1.82, 2.24) is 15.5 Å². The van der Waals surface area contributed by atoms with Gasteiger partial charge in [-0.25, -0.2) is 0 Å². The van der Waals surface area contributed by atoms with E-state index in [0.717, 1.165) is 12.8 Å². The molecular weight excluding hydrogens is 250 g/mol. The Labute approximate surface area is 111 Å². The lowest BCUT2D eigenvalue weighted by atomic mass is 10.0. The first-order valence-corrected chi connectivity index (χ1v) is 6.60. The molecule has 2 atom stereocenters. The van der Waals surface area contributed by atoms with Crippen LogP contribution < -0.4 is 10.6 Å². The van der Waals surface area contributed by atoms with Gasteiger partial charge >= 0.3 is 5.97 Å². The van der Waals surface area contributed by atoms with E-state index in [9.17, 15) is 14.4 Å². The van der Waals surface area contributed by atoms with Crippen molar-refractivity contribution in [2.24, 2.45) is 0 Å². The summed E-state index contributed by atoms with van der Waals surface area (Å²) in [5.41, 5.74) is 0. The fourth-order valence-corrected chi connectivity index (χ4v) is 2.78. The molecule has 0 aromatic carbocycles. The second kappa shape index (κ2) is 6.01. The molecule has 2 heterocycles. The Bertz CT molecular complexity index is 385. The minimum absolute atomic E-state index is 0.0254. The maximum atomic E-state index is 11.8. The number of hydrogen-bond donors (Lipinski definition) is 3. The molecule has 0 aromatic heterocycles. The Morgan fingerprint density at radius 1 is 1.32 bits per heavy atom. The average molecular weight is 269 g/mol. The highest BCUT2D eigenvalue weighted by Gasteiger charge is 2.36. The minimum atomic E-state index is -0.995. The summed E-state index contributed by atoms with van der Waals surface area (Å²) in [6, 6.07) is -0.708. The van der Waals surface area contributed by atoms with Crippen LogP contribution in [0.2, 0.25) is 0 Å². The lowest BCUT2D eigenvalue weighted by Gasteiger charge is -2.39. The SMILES string of the molecule is O=C(O)CC1C(=O)NCCN1C1CCCNC(=O)C1. The van der Waals surface area contributed by atoms with Gasteiger partial charge in [0.15, 0.2) is 0 Å². The molecule has 2 aliphatic heterocycles. The van der Waals surface area contributed by atoms with Gasteiger partial charge in [0.05, 0.1) is 12.5 Å². The highest BCUT2D eigenvalue weighted by Crippen LogP contribution is 2.20. The first-order valence-electron chi connectivity index (χ1n) is 6.60. The second-order valence-corrected chi connectivity index (χ2v) is 4.99. The number of nitrogens with zero attached hydrogens (tertiary/aromatic N) is 1. The van der Waals surface area contributed by atoms with Crippen molar-refractivity contribution in [3.05, 3.63) is 0 Å². The van der Waals surface area contributed by atoms with Crippen molar-refractivity contribution in [2.75, 3.05) is 19.6 Å². The lowest BCUT2D eigenvalue weighted by Crippen LogP contribution is -2.59. The number of amides is 2. The summed E-state index contributed by atoms with van der Waals surface area (Å²) in [4.78, 5) is 36.2. The molecular formula is C12H19N3O4. The first kappa shape index (κ1) is 13.8. The molecule has 3 N–H and O–H groups in total. The summed E-state index contributed by atoms with van der Waals surface area (Å²) in [5.74, 6) is -1.27. The Balaban J connectivity index is 2.11. The maximum Gasteiger partial charge on any atom is 0.305 e. The quantitative estimate of drug-likeness (QED) is 0.606. The van der Waals surface area contributed by atoms with Crippen LogP contribution in [0.25, 0.3) is 0 Å². The van der Waals surface area contributed by atoms with E-state index in [0.29, 0.717) is 26.1 Å². The number of carboxylic acids is 1. The summed E-state index contributed by atoms with van der Waals surface area (Å²) >= 11 is 0. The van der Waals surface area contributed by atoms with Gasteiger partial charge in [0.25, 0.3) is 0 Å². The van der Waals surface area contributed by atoms with Crippen LogP contribution in [0.5, 0.6) is 0 Å². The minimum Gasteiger partial charge on any atom is -0.481 e. The summed E-state index contributed by atoms with van der Waals surface area (Å²) in [7, 11) is 0. The van der Waals surface area contributed by atoms with Gasteiger partial charge in [0.1, 0.15) is 0 Å². The summed E-state index contributed by atoms with van der Waals surface area (Å²) in [6.07, 6.45) is 1.78. The van der Waals surface area contributed by atoms with Crippen LogP contribution in [0, 0.1) is 0 Å². The number of aliphatic carboxylic acids is 1. The smallest absolute Gasteiger partial charge is 0.305 e. The standard InChI is InChI=1S/C12H19N3O4/c16-10-6-8(2-1-3-13-10)15-5-4-14-12(19)9(15)7-11(17)18/h8-9H,1-7H2,(H,13,16)(H,14,19)(H,17,18). The molecule has 2 unspecified atom stereocenters. The summed E-state index contributed by atoms with van der Waals surface area (Å²) < 4.78 is 0. The predicted molar refractivity (Wildman–Crippen MR) is 66.4 cm³/mol. The van der Waals surface area contributed by atoms with Gasteiger partial charge in [-0.05, 0) is 12.8 Å². The molecule has 0 aromatic rings. The third-order valence-corrected chi connectivity index (χ3v) is 3.67. The molecule has 106 valence electrons. The molecule has 2 rings (SSSR count). The molecule has 2 fully saturated rings. The predicted octanol–water partition coefficient (Wildman–Crippen LogP) is -1.07. The zero-order valence-electron chi connectivity index (χ0n) is 10.7. The van der Waals surface area contributed by atoms with Crippen LogP contribution in [0.15, 0.2) is 0 Å². The molecule has 2 saturated heterocycles. The van der Waals surface area contributed by atoms with Crippen molar-refractivity contribution in [1.29, 1.82) is 0 Å². The Morgan fingerprint density at radius 2 is 2.11 bits per heavy atom. The molecule has 0 bridgehead atoms. The van der Waals surface area contributed by atoms with Crippen LogP contribution >= 0.6 is 0 Å². The van der Waals surface area contributed by atoms with E-state index in [1.54, 1.807) is 0 Å². The molecule has 0 spiro atoms. The average Bonchev–Trinajstić information content (AvgIpc) is 2.56.